The van der Waals surface area contributed by atoms with Gasteiger partial charge in [-0.2, -0.15) is 0 Å². The maximum atomic E-state index is 11.6. The molecule has 0 radical (unpaired) electrons. The first-order chi connectivity index (χ1) is 8.01. The predicted octanol–water partition coefficient (Wildman–Crippen LogP) is 2.14. The van der Waals surface area contributed by atoms with Crippen molar-refractivity contribution in [3.63, 3.8) is 0 Å². The van der Waals surface area contributed by atoms with Crippen LogP contribution in [0.15, 0.2) is 18.2 Å². The molecule has 0 spiro atoms. The molecule has 0 aliphatic carbocycles. The maximum Gasteiger partial charge on any atom is 0.337 e. The molecule has 1 aromatic carbocycles. The van der Waals surface area contributed by atoms with Crippen LogP contribution in [0.25, 0.3) is 0 Å². The molecular weight excluding hydrogens is 244 g/mol. The number of aliphatic carboxylic acids is 1. The molecule has 0 saturated heterocycles. The molecule has 92 valence electrons. The van der Waals surface area contributed by atoms with Crippen LogP contribution in [0.2, 0.25) is 0 Å². The molecule has 4 nitrogen and oxygen atoms in total. The molecule has 1 atom stereocenters. The van der Waals surface area contributed by atoms with Crippen molar-refractivity contribution in [1.82, 2.24) is 0 Å². The number of benzene rings is 1. The highest BCUT2D eigenvalue weighted by Gasteiger charge is 2.18. The summed E-state index contributed by atoms with van der Waals surface area (Å²) in [5, 5.41) is 18.1. The Labute approximate surface area is 104 Å². The normalized spacial score (nSPS) is 12.2. The number of alkyl halides is 1. The Hall–Kier alpha value is -1.39. The van der Waals surface area contributed by atoms with E-state index in [9.17, 15) is 14.7 Å². The van der Waals surface area contributed by atoms with Crippen molar-refractivity contribution in [3.8, 4) is 0 Å². The minimum absolute atomic E-state index is 0.0583. The molecule has 1 aromatic rings. The summed E-state index contributed by atoms with van der Waals surface area (Å²) >= 11 is 5.71. The van der Waals surface area contributed by atoms with Crippen LogP contribution in [-0.2, 0) is 10.7 Å². The number of rotatable bonds is 5. The van der Waals surface area contributed by atoms with E-state index in [0.717, 1.165) is 0 Å². The van der Waals surface area contributed by atoms with Crippen LogP contribution in [0.5, 0.6) is 0 Å². The maximum absolute atomic E-state index is 11.6. The summed E-state index contributed by atoms with van der Waals surface area (Å²) < 4.78 is 0. The van der Waals surface area contributed by atoms with Crippen LogP contribution in [0.1, 0.15) is 40.9 Å². The van der Waals surface area contributed by atoms with E-state index in [-0.39, 0.29) is 17.2 Å². The lowest BCUT2D eigenvalue weighted by Gasteiger charge is -2.10. The fourth-order valence-corrected chi connectivity index (χ4v) is 1.72. The van der Waals surface area contributed by atoms with Gasteiger partial charge in [-0.05, 0) is 11.1 Å². The number of carbonyl (C=O) groups excluding carboxylic acids is 1. The van der Waals surface area contributed by atoms with Gasteiger partial charge in [0.2, 0.25) is 0 Å². The standard InChI is InChI=1S/C12H13ClO4/c1-2-10(14)9-4-3-7(5-8(9)6-13)11(15)12(16)17/h3-5,11,15H,2,6H2,1H3,(H,16,17). The topological polar surface area (TPSA) is 74.6 Å². The molecule has 0 amide bonds. The van der Waals surface area contributed by atoms with Gasteiger partial charge in [0.05, 0.1) is 0 Å². The first-order valence-electron chi connectivity index (χ1n) is 5.14. The van der Waals surface area contributed by atoms with E-state index in [2.05, 4.69) is 0 Å². The summed E-state index contributed by atoms with van der Waals surface area (Å²) in [4.78, 5) is 22.2. The molecule has 17 heavy (non-hydrogen) atoms. The molecule has 2 N–H and O–H groups in total. The van der Waals surface area contributed by atoms with Crippen molar-refractivity contribution in [2.24, 2.45) is 0 Å². The summed E-state index contributed by atoms with van der Waals surface area (Å²) in [5.74, 6) is -1.29. The number of halogens is 1. The second-order valence-electron chi connectivity index (χ2n) is 3.57. The highest BCUT2D eigenvalue weighted by atomic mass is 35.5. The zero-order valence-corrected chi connectivity index (χ0v) is 10.1. The smallest absolute Gasteiger partial charge is 0.337 e. The number of aliphatic hydroxyl groups excluding tert-OH is 1. The second-order valence-corrected chi connectivity index (χ2v) is 3.83. The molecular formula is C12H13ClO4. The highest BCUT2D eigenvalue weighted by molar-refractivity contribution is 6.17. The lowest BCUT2D eigenvalue weighted by atomic mass is 9.98. The molecule has 0 fully saturated rings. The first-order valence-corrected chi connectivity index (χ1v) is 5.67. The van der Waals surface area contributed by atoms with E-state index in [1.807, 2.05) is 0 Å². The van der Waals surface area contributed by atoms with E-state index in [4.69, 9.17) is 16.7 Å². The number of carboxylic acid groups (broad SMARTS) is 1. The van der Waals surface area contributed by atoms with Gasteiger partial charge in [0, 0.05) is 17.9 Å². The molecule has 0 heterocycles. The average molecular weight is 257 g/mol. The van der Waals surface area contributed by atoms with Gasteiger partial charge in [0.15, 0.2) is 11.9 Å². The van der Waals surface area contributed by atoms with Gasteiger partial charge in [-0.15, -0.1) is 11.6 Å². The first kappa shape index (κ1) is 13.7. The van der Waals surface area contributed by atoms with Crippen LogP contribution in [0, 0.1) is 0 Å². The minimum Gasteiger partial charge on any atom is -0.479 e. The second kappa shape index (κ2) is 5.80. The summed E-state index contributed by atoms with van der Waals surface area (Å²) in [6.07, 6.45) is -1.24. The quantitative estimate of drug-likeness (QED) is 0.625. The number of ketones is 1. The summed E-state index contributed by atoms with van der Waals surface area (Å²) in [6.45, 7) is 1.74. The third-order valence-electron chi connectivity index (χ3n) is 2.44. The van der Waals surface area contributed by atoms with Crippen LogP contribution in [0.4, 0.5) is 0 Å². The number of carboxylic acids is 1. The monoisotopic (exact) mass is 256 g/mol. The van der Waals surface area contributed by atoms with Gasteiger partial charge in [0.25, 0.3) is 0 Å². The molecule has 0 bridgehead atoms. The van der Waals surface area contributed by atoms with E-state index in [1.165, 1.54) is 18.2 Å². The van der Waals surface area contributed by atoms with Gasteiger partial charge in [-0.3, -0.25) is 4.79 Å². The lowest BCUT2D eigenvalue weighted by Crippen LogP contribution is -2.12. The molecule has 0 saturated carbocycles. The van der Waals surface area contributed by atoms with Crippen LogP contribution >= 0.6 is 11.6 Å². The largest absolute Gasteiger partial charge is 0.479 e. The van der Waals surface area contributed by atoms with Crippen molar-refractivity contribution >= 4 is 23.4 Å². The van der Waals surface area contributed by atoms with E-state index >= 15 is 0 Å². The summed E-state index contributed by atoms with van der Waals surface area (Å²) in [7, 11) is 0. The molecule has 5 heteroatoms. The van der Waals surface area contributed by atoms with E-state index < -0.39 is 12.1 Å². The van der Waals surface area contributed by atoms with E-state index in [1.54, 1.807) is 6.92 Å². The SMILES string of the molecule is CCC(=O)c1ccc(C(O)C(=O)O)cc1CCl. The third-order valence-corrected chi connectivity index (χ3v) is 2.73. The van der Waals surface area contributed by atoms with Crippen molar-refractivity contribution in [2.75, 3.05) is 0 Å². The highest BCUT2D eigenvalue weighted by Crippen LogP contribution is 2.21. The number of aliphatic hydroxyl groups is 1. The minimum atomic E-state index is -1.59. The van der Waals surface area contributed by atoms with Crippen molar-refractivity contribution in [3.05, 3.63) is 34.9 Å². The molecule has 1 unspecified atom stereocenters. The van der Waals surface area contributed by atoms with Crippen molar-refractivity contribution in [1.29, 1.82) is 0 Å². The molecule has 0 aliphatic rings. The van der Waals surface area contributed by atoms with Gasteiger partial charge in [0.1, 0.15) is 0 Å². The van der Waals surface area contributed by atoms with Crippen molar-refractivity contribution < 1.29 is 19.8 Å². The molecule has 0 aliphatic heterocycles. The van der Waals surface area contributed by atoms with Crippen molar-refractivity contribution in [2.45, 2.75) is 25.3 Å². The summed E-state index contributed by atoms with van der Waals surface area (Å²) in [5.41, 5.74) is 1.24. The zero-order valence-electron chi connectivity index (χ0n) is 9.31. The number of hydrogen-bond donors (Lipinski definition) is 2. The lowest BCUT2D eigenvalue weighted by molar-refractivity contribution is -0.146. The average Bonchev–Trinajstić information content (AvgIpc) is 2.35. The fourth-order valence-electron chi connectivity index (χ4n) is 1.50. The van der Waals surface area contributed by atoms with Gasteiger partial charge in [-0.1, -0.05) is 25.1 Å². The Balaban J connectivity index is 3.17. The molecule has 1 rings (SSSR count). The summed E-state index contributed by atoms with van der Waals surface area (Å²) in [6, 6.07) is 4.39. The Morgan fingerprint density at radius 3 is 2.53 bits per heavy atom. The zero-order chi connectivity index (χ0) is 13.0. The Morgan fingerprint density at radius 2 is 2.06 bits per heavy atom. The van der Waals surface area contributed by atoms with Gasteiger partial charge >= 0.3 is 5.97 Å². The van der Waals surface area contributed by atoms with Gasteiger partial charge < -0.3 is 10.2 Å². The predicted molar refractivity (Wildman–Crippen MR) is 63.2 cm³/mol. The van der Waals surface area contributed by atoms with E-state index in [0.29, 0.717) is 17.5 Å². The Kier molecular flexibility index (Phi) is 4.66. The van der Waals surface area contributed by atoms with Crippen LogP contribution in [-0.4, -0.2) is 22.0 Å². The Morgan fingerprint density at radius 1 is 1.41 bits per heavy atom. The fraction of sp³-hybridized carbons (Fsp3) is 0.333. The third kappa shape index (κ3) is 3.05. The van der Waals surface area contributed by atoms with Crippen LogP contribution < -0.4 is 0 Å². The Bertz CT molecular complexity index is 442. The number of Topliss-reactive ketones (excluding diaryl/α,β-unsaturated/α-hetero) is 1. The number of carbonyl (C=O) groups is 2. The molecule has 0 aromatic heterocycles. The van der Waals surface area contributed by atoms with Gasteiger partial charge in [-0.25, -0.2) is 4.79 Å². The number of hydrogen-bond acceptors (Lipinski definition) is 3. The van der Waals surface area contributed by atoms with Crippen LogP contribution in [0.3, 0.4) is 0 Å².